The molecule has 0 fully saturated rings. The standard InChI is InChI=1S/C15H22O2S/c1-10-5-4-6-12(7-10)18-14-9-15(3,17)11(2)8-13(14)16/h7-11,16-17H,4-6H2,1-3H3. The lowest BCUT2D eigenvalue weighted by molar-refractivity contribution is 0.0699. The third kappa shape index (κ3) is 3.01. The zero-order valence-electron chi connectivity index (χ0n) is 11.3. The summed E-state index contributed by atoms with van der Waals surface area (Å²) >= 11 is 1.60. The summed E-state index contributed by atoms with van der Waals surface area (Å²) in [5.41, 5.74) is -0.866. The number of hydrogen-bond donors (Lipinski definition) is 2. The van der Waals surface area contributed by atoms with Crippen molar-refractivity contribution in [3.05, 3.63) is 33.8 Å². The maximum Gasteiger partial charge on any atom is 0.125 e. The molecule has 2 aliphatic rings. The van der Waals surface area contributed by atoms with Gasteiger partial charge in [-0.05, 0) is 49.2 Å². The molecule has 2 aliphatic carbocycles. The molecule has 0 saturated heterocycles. The smallest absolute Gasteiger partial charge is 0.125 e. The zero-order valence-corrected chi connectivity index (χ0v) is 12.1. The number of thioether (sulfide) groups is 1. The molecule has 3 unspecified atom stereocenters. The second-order valence-corrected chi connectivity index (χ2v) is 6.85. The summed E-state index contributed by atoms with van der Waals surface area (Å²) in [6.07, 6.45) is 9.36. The molecule has 0 saturated carbocycles. The second kappa shape index (κ2) is 5.14. The molecule has 0 heterocycles. The van der Waals surface area contributed by atoms with Gasteiger partial charge in [0.15, 0.2) is 0 Å². The zero-order chi connectivity index (χ0) is 13.3. The number of allylic oxidation sites excluding steroid dienone is 2. The van der Waals surface area contributed by atoms with Crippen LogP contribution < -0.4 is 0 Å². The quantitative estimate of drug-likeness (QED) is 0.789. The van der Waals surface area contributed by atoms with Crippen LogP contribution in [0.2, 0.25) is 0 Å². The van der Waals surface area contributed by atoms with Gasteiger partial charge in [0.1, 0.15) is 5.76 Å². The molecule has 0 aliphatic heterocycles. The van der Waals surface area contributed by atoms with E-state index in [4.69, 9.17) is 0 Å². The number of hydrogen-bond acceptors (Lipinski definition) is 3. The molecule has 0 amide bonds. The van der Waals surface area contributed by atoms with E-state index in [1.807, 2.05) is 6.92 Å². The predicted molar refractivity (Wildman–Crippen MR) is 77.3 cm³/mol. The largest absolute Gasteiger partial charge is 0.507 e. The molecule has 0 spiro atoms. The predicted octanol–water partition coefficient (Wildman–Crippen LogP) is 4.15. The third-order valence-corrected chi connectivity index (χ3v) is 4.95. The van der Waals surface area contributed by atoms with Gasteiger partial charge in [0, 0.05) is 5.92 Å². The van der Waals surface area contributed by atoms with Crippen molar-refractivity contribution in [1.29, 1.82) is 0 Å². The minimum Gasteiger partial charge on any atom is -0.507 e. The third-order valence-electron chi connectivity index (χ3n) is 3.80. The SMILES string of the molecule is CC1C=C(SC2=CC(C)(O)C(C)C=C2O)CCC1. The Morgan fingerprint density at radius 2 is 2.06 bits per heavy atom. The summed E-state index contributed by atoms with van der Waals surface area (Å²) < 4.78 is 0. The molecule has 2 nitrogen and oxygen atoms in total. The minimum absolute atomic E-state index is 0.0545. The fraction of sp³-hybridized carbons (Fsp3) is 0.600. The molecule has 0 radical (unpaired) electrons. The molecule has 2 rings (SSSR count). The van der Waals surface area contributed by atoms with E-state index in [9.17, 15) is 10.2 Å². The Bertz CT molecular complexity index is 418. The summed E-state index contributed by atoms with van der Waals surface area (Å²) in [6.45, 7) is 5.93. The van der Waals surface area contributed by atoms with Crippen LogP contribution in [0.1, 0.15) is 40.0 Å². The van der Waals surface area contributed by atoms with Gasteiger partial charge in [-0.25, -0.2) is 0 Å². The van der Waals surface area contributed by atoms with Crippen molar-refractivity contribution in [3.8, 4) is 0 Å². The summed E-state index contributed by atoms with van der Waals surface area (Å²) in [5, 5.41) is 20.2. The van der Waals surface area contributed by atoms with Crippen LogP contribution in [0.4, 0.5) is 0 Å². The molecule has 18 heavy (non-hydrogen) atoms. The minimum atomic E-state index is -0.866. The molecule has 100 valence electrons. The van der Waals surface area contributed by atoms with Crippen LogP contribution in [-0.4, -0.2) is 15.8 Å². The van der Waals surface area contributed by atoms with Crippen LogP contribution in [0.15, 0.2) is 33.8 Å². The highest BCUT2D eigenvalue weighted by Crippen LogP contribution is 2.41. The van der Waals surface area contributed by atoms with Crippen molar-refractivity contribution in [2.24, 2.45) is 11.8 Å². The van der Waals surface area contributed by atoms with Crippen molar-refractivity contribution in [1.82, 2.24) is 0 Å². The normalized spacial score (nSPS) is 36.8. The van der Waals surface area contributed by atoms with Crippen molar-refractivity contribution >= 4 is 11.8 Å². The van der Waals surface area contributed by atoms with Crippen molar-refractivity contribution in [2.45, 2.75) is 45.6 Å². The fourth-order valence-electron chi connectivity index (χ4n) is 2.35. The van der Waals surface area contributed by atoms with E-state index < -0.39 is 5.60 Å². The lowest BCUT2D eigenvalue weighted by atomic mass is 9.86. The van der Waals surface area contributed by atoms with Gasteiger partial charge in [-0.1, -0.05) is 31.7 Å². The number of rotatable bonds is 2. The molecule has 3 heteroatoms. The highest BCUT2D eigenvalue weighted by atomic mass is 32.2. The van der Waals surface area contributed by atoms with E-state index in [0.717, 1.165) is 11.3 Å². The number of aliphatic hydroxyl groups is 2. The van der Waals surface area contributed by atoms with E-state index in [1.54, 1.807) is 30.8 Å². The van der Waals surface area contributed by atoms with Gasteiger partial charge in [0.2, 0.25) is 0 Å². The summed E-state index contributed by atoms with van der Waals surface area (Å²) in [5.74, 6) is 0.871. The average molecular weight is 266 g/mol. The van der Waals surface area contributed by atoms with Crippen LogP contribution in [0, 0.1) is 11.8 Å². The molecule has 0 aromatic rings. The van der Waals surface area contributed by atoms with Crippen molar-refractivity contribution in [3.63, 3.8) is 0 Å². The van der Waals surface area contributed by atoms with Gasteiger partial charge in [0.05, 0.1) is 10.5 Å². The van der Waals surface area contributed by atoms with E-state index >= 15 is 0 Å². The van der Waals surface area contributed by atoms with E-state index in [0.29, 0.717) is 11.7 Å². The molecule has 2 N–H and O–H groups in total. The molecule has 0 aromatic carbocycles. The maximum absolute atomic E-state index is 10.2. The van der Waals surface area contributed by atoms with Crippen molar-refractivity contribution < 1.29 is 10.2 Å². The number of aliphatic hydroxyl groups excluding tert-OH is 1. The monoisotopic (exact) mass is 266 g/mol. The first kappa shape index (κ1) is 13.8. The lowest BCUT2D eigenvalue weighted by Gasteiger charge is -2.30. The molecule has 3 atom stereocenters. The summed E-state index contributed by atoms with van der Waals surface area (Å²) in [4.78, 5) is 2.10. The molecular formula is C15H22O2S. The first-order valence-corrected chi connectivity index (χ1v) is 7.45. The van der Waals surface area contributed by atoms with Crippen LogP contribution >= 0.6 is 11.8 Å². The van der Waals surface area contributed by atoms with Gasteiger partial charge in [0.25, 0.3) is 0 Å². The van der Waals surface area contributed by atoms with Crippen LogP contribution in [0.3, 0.4) is 0 Å². The van der Waals surface area contributed by atoms with E-state index in [2.05, 4.69) is 13.0 Å². The van der Waals surface area contributed by atoms with Gasteiger partial charge in [-0.15, -0.1) is 0 Å². The van der Waals surface area contributed by atoms with Gasteiger partial charge in [-0.3, -0.25) is 0 Å². The Morgan fingerprint density at radius 3 is 2.72 bits per heavy atom. The topological polar surface area (TPSA) is 40.5 Å². The summed E-state index contributed by atoms with van der Waals surface area (Å²) in [7, 11) is 0. The Hall–Kier alpha value is -0.670. The molecule has 0 aromatic heterocycles. The van der Waals surface area contributed by atoms with Gasteiger partial charge >= 0.3 is 0 Å². The van der Waals surface area contributed by atoms with Gasteiger partial charge < -0.3 is 10.2 Å². The second-order valence-electron chi connectivity index (χ2n) is 5.68. The van der Waals surface area contributed by atoms with E-state index in [-0.39, 0.29) is 5.92 Å². The van der Waals surface area contributed by atoms with E-state index in [1.165, 1.54) is 17.7 Å². The highest BCUT2D eigenvalue weighted by Gasteiger charge is 2.31. The Kier molecular flexibility index (Phi) is 3.93. The highest BCUT2D eigenvalue weighted by molar-refractivity contribution is 8.06. The first-order chi connectivity index (χ1) is 8.38. The summed E-state index contributed by atoms with van der Waals surface area (Å²) in [6, 6.07) is 0. The first-order valence-electron chi connectivity index (χ1n) is 6.63. The van der Waals surface area contributed by atoms with Gasteiger partial charge in [-0.2, -0.15) is 0 Å². The van der Waals surface area contributed by atoms with Crippen molar-refractivity contribution in [2.75, 3.05) is 0 Å². The lowest BCUT2D eigenvalue weighted by Crippen LogP contribution is -2.32. The maximum atomic E-state index is 10.2. The Balaban J connectivity index is 2.16. The molecular weight excluding hydrogens is 244 g/mol. The van der Waals surface area contributed by atoms with Crippen LogP contribution in [0.5, 0.6) is 0 Å². The fourth-order valence-corrected chi connectivity index (χ4v) is 3.65. The van der Waals surface area contributed by atoms with Crippen LogP contribution in [-0.2, 0) is 0 Å². The van der Waals surface area contributed by atoms with Crippen LogP contribution in [0.25, 0.3) is 0 Å². The molecule has 0 bridgehead atoms. The Labute approximate surface area is 113 Å². The Morgan fingerprint density at radius 1 is 1.33 bits per heavy atom. The average Bonchev–Trinajstić information content (AvgIpc) is 2.26.